The standard InChI is InChI=1S/C30H45N/c1-6-7-8-10-23(3)30-21-29(20-25(5)31-30)28-12-9-11-26(15-18-28)14-17-27-16-13-22(2)19-24(27)4/h13,16,19-21,23,26,28H,6-12,14-15,17-18H2,1-5H3. The lowest BCUT2D eigenvalue weighted by Crippen LogP contribution is -2.05. The average Bonchev–Trinajstić information content (AvgIpc) is 2.98. The number of pyridine rings is 1. The molecule has 0 aliphatic heterocycles. The summed E-state index contributed by atoms with van der Waals surface area (Å²) in [5, 5.41) is 0. The van der Waals surface area contributed by atoms with Crippen molar-refractivity contribution in [2.24, 2.45) is 5.92 Å². The number of rotatable bonds is 9. The van der Waals surface area contributed by atoms with Gasteiger partial charge in [0.05, 0.1) is 0 Å². The lowest BCUT2D eigenvalue weighted by Gasteiger charge is -2.19. The molecule has 3 rings (SSSR count). The van der Waals surface area contributed by atoms with E-state index in [1.807, 2.05) is 0 Å². The first-order valence-corrected chi connectivity index (χ1v) is 13.0. The fourth-order valence-electron chi connectivity index (χ4n) is 5.54. The van der Waals surface area contributed by atoms with Crippen LogP contribution in [0.4, 0.5) is 0 Å². The van der Waals surface area contributed by atoms with E-state index in [0.717, 1.165) is 11.8 Å². The van der Waals surface area contributed by atoms with E-state index in [9.17, 15) is 0 Å². The van der Waals surface area contributed by atoms with Gasteiger partial charge < -0.3 is 0 Å². The zero-order valence-electron chi connectivity index (χ0n) is 20.8. The van der Waals surface area contributed by atoms with Crippen molar-refractivity contribution in [3.05, 3.63) is 64.0 Å². The van der Waals surface area contributed by atoms with Crippen molar-refractivity contribution in [1.82, 2.24) is 4.98 Å². The number of hydrogen-bond acceptors (Lipinski definition) is 1. The molecule has 1 aromatic carbocycles. The molecule has 0 spiro atoms. The van der Waals surface area contributed by atoms with Gasteiger partial charge in [0.15, 0.2) is 0 Å². The monoisotopic (exact) mass is 419 g/mol. The topological polar surface area (TPSA) is 12.9 Å². The molecule has 1 saturated carbocycles. The maximum absolute atomic E-state index is 4.92. The summed E-state index contributed by atoms with van der Waals surface area (Å²) in [6.07, 6.45) is 14.7. The van der Waals surface area contributed by atoms with Crippen LogP contribution in [0.2, 0.25) is 0 Å². The van der Waals surface area contributed by atoms with Gasteiger partial charge in [-0.1, -0.05) is 69.7 Å². The SMILES string of the molecule is CCCCCC(C)c1cc(C2CCCC(CCc3ccc(C)cc3C)CC2)cc(C)n1. The van der Waals surface area contributed by atoms with E-state index in [4.69, 9.17) is 4.98 Å². The maximum atomic E-state index is 4.92. The minimum absolute atomic E-state index is 0.585. The average molecular weight is 420 g/mol. The molecule has 1 aromatic heterocycles. The van der Waals surface area contributed by atoms with Crippen LogP contribution < -0.4 is 0 Å². The zero-order valence-corrected chi connectivity index (χ0v) is 20.8. The molecule has 0 saturated heterocycles. The molecular weight excluding hydrogens is 374 g/mol. The molecule has 1 nitrogen and oxygen atoms in total. The Morgan fingerprint density at radius 3 is 2.58 bits per heavy atom. The Kier molecular flexibility index (Phi) is 9.17. The van der Waals surface area contributed by atoms with Gasteiger partial charge >= 0.3 is 0 Å². The molecule has 0 radical (unpaired) electrons. The summed E-state index contributed by atoms with van der Waals surface area (Å²) in [6, 6.07) is 11.8. The summed E-state index contributed by atoms with van der Waals surface area (Å²) < 4.78 is 0. The molecule has 1 aliphatic rings. The highest BCUT2D eigenvalue weighted by atomic mass is 14.7. The maximum Gasteiger partial charge on any atom is 0.0437 e. The first-order valence-electron chi connectivity index (χ1n) is 13.0. The molecule has 1 fully saturated rings. The van der Waals surface area contributed by atoms with Crippen molar-refractivity contribution in [2.75, 3.05) is 0 Å². The highest BCUT2D eigenvalue weighted by molar-refractivity contribution is 5.30. The molecule has 170 valence electrons. The number of nitrogens with zero attached hydrogens (tertiary/aromatic N) is 1. The molecule has 1 heteroatoms. The third-order valence-electron chi connectivity index (χ3n) is 7.62. The van der Waals surface area contributed by atoms with E-state index >= 15 is 0 Å². The van der Waals surface area contributed by atoms with E-state index in [0.29, 0.717) is 5.92 Å². The lowest BCUT2D eigenvalue weighted by atomic mass is 9.88. The molecule has 1 heterocycles. The second-order valence-electron chi connectivity index (χ2n) is 10.4. The highest BCUT2D eigenvalue weighted by Gasteiger charge is 2.22. The number of aromatic nitrogens is 1. The first kappa shape index (κ1) is 24.0. The molecule has 0 bridgehead atoms. The van der Waals surface area contributed by atoms with Crippen LogP contribution in [-0.2, 0) is 6.42 Å². The summed E-state index contributed by atoms with van der Waals surface area (Å²) in [5.74, 6) is 2.21. The van der Waals surface area contributed by atoms with Crippen LogP contribution in [0.15, 0.2) is 30.3 Å². The lowest BCUT2D eigenvalue weighted by molar-refractivity contribution is 0.425. The molecule has 0 N–H and O–H groups in total. The van der Waals surface area contributed by atoms with Crippen LogP contribution in [0, 0.1) is 26.7 Å². The zero-order chi connectivity index (χ0) is 22.2. The van der Waals surface area contributed by atoms with Gasteiger partial charge in [0.2, 0.25) is 0 Å². The van der Waals surface area contributed by atoms with Crippen LogP contribution in [0.3, 0.4) is 0 Å². The molecule has 0 amide bonds. The Labute approximate surface area is 192 Å². The Morgan fingerprint density at radius 1 is 0.968 bits per heavy atom. The van der Waals surface area contributed by atoms with E-state index in [1.54, 1.807) is 11.1 Å². The van der Waals surface area contributed by atoms with Gasteiger partial charge in [-0.05, 0) is 106 Å². The van der Waals surface area contributed by atoms with Crippen LogP contribution in [0.25, 0.3) is 0 Å². The largest absolute Gasteiger partial charge is 0.258 e. The van der Waals surface area contributed by atoms with Gasteiger partial charge in [-0.15, -0.1) is 0 Å². The van der Waals surface area contributed by atoms with Gasteiger partial charge in [-0.25, -0.2) is 0 Å². The fourth-order valence-corrected chi connectivity index (χ4v) is 5.54. The van der Waals surface area contributed by atoms with Crippen LogP contribution >= 0.6 is 0 Å². The van der Waals surface area contributed by atoms with Gasteiger partial charge in [-0.3, -0.25) is 4.98 Å². The summed E-state index contributed by atoms with van der Waals surface area (Å²) in [6.45, 7) is 11.3. The predicted molar refractivity (Wildman–Crippen MR) is 135 cm³/mol. The van der Waals surface area contributed by atoms with Gasteiger partial charge in [0.25, 0.3) is 0 Å². The van der Waals surface area contributed by atoms with Crippen molar-refractivity contribution >= 4 is 0 Å². The molecule has 3 unspecified atom stereocenters. The number of hydrogen-bond donors (Lipinski definition) is 0. The third-order valence-corrected chi connectivity index (χ3v) is 7.62. The molecular formula is C30H45N. The Hall–Kier alpha value is -1.63. The third kappa shape index (κ3) is 7.19. The van der Waals surface area contributed by atoms with E-state index in [1.165, 1.54) is 93.1 Å². The van der Waals surface area contributed by atoms with Crippen molar-refractivity contribution in [2.45, 2.75) is 117 Å². The van der Waals surface area contributed by atoms with E-state index in [2.05, 4.69) is 65.0 Å². The van der Waals surface area contributed by atoms with Crippen LogP contribution in [0.5, 0.6) is 0 Å². The first-order chi connectivity index (χ1) is 15.0. The molecule has 2 aromatic rings. The summed E-state index contributed by atoms with van der Waals surface area (Å²) in [7, 11) is 0. The normalized spacial score (nSPS) is 20.4. The second kappa shape index (κ2) is 11.8. The Morgan fingerprint density at radius 2 is 1.81 bits per heavy atom. The van der Waals surface area contributed by atoms with Crippen LogP contribution in [0.1, 0.15) is 124 Å². The molecule has 31 heavy (non-hydrogen) atoms. The van der Waals surface area contributed by atoms with E-state index in [-0.39, 0.29) is 0 Å². The molecule has 3 atom stereocenters. The number of aryl methyl sites for hydroxylation is 4. The summed E-state index contributed by atoms with van der Waals surface area (Å²) in [4.78, 5) is 4.92. The summed E-state index contributed by atoms with van der Waals surface area (Å²) in [5.41, 5.74) is 8.52. The van der Waals surface area contributed by atoms with Gasteiger partial charge in [0, 0.05) is 11.4 Å². The minimum Gasteiger partial charge on any atom is -0.258 e. The van der Waals surface area contributed by atoms with Crippen molar-refractivity contribution in [3.8, 4) is 0 Å². The minimum atomic E-state index is 0.585. The Balaban J connectivity index is 1.58. The van der Waals surface area contributed by atoms with Crippen molar-refractivity contribution in [1.29, 1.82) is 0 Å². The number of benzene rings is 1. The highest BCUT2D eigenvalue weighted by Crippen LogP contribution is 2.37. The molecule has 1 aliphatic carbocycles. The van der Waals surface area contributed by atoms with Crippen LogP contribution in [-0.4, -0.2) is 4.98 Å². The van der Waals surface area contributed by atoms with E-state index < -0.39 is 0 Å². The quantitative estimate of drug-likeness (QED) is 0.292. The summed E-state index contributed by atoms with van der Waals surface area (Å²) >= 11 is 0. The smallest absolute Gasteiger partial charge is 0.0437 e. The van der Waals surface area contributed by atoms with Gasteiger partial charge in [-0.2, -0.15) is 0 Å². The number of unbranched alkanes of at least 4 members (excludes halogenated alkanes) is 2. The van der Waals surface area contributed by atoms with Crippen molar-refractivity contribution < 1.29 is 0 Å². The predicted octanol–water partition coefficient (Wildman–Crippen LogP) is 8.99. The Bertz CT molecular complexity index is 821. The van der Waals surface area contributed by atoms with Gasteiger partial charge in [0.1, 0.15) is 0 Å². The van der Waals surface area contributed by atoms with Crippen molar-refractivity contribution in [3.63, 3.8) is 0 Å². The fraction of sp³-hybridized carbons (Fsp3) is 0.633. The second-order valence-corrected chi connectivity index (χ2v) is 10.4.